The number of aliphatic hydroxyl groups is 1. The van der Waals surface area contributed by atoms with E-state index >= 15 is 0 Å². The van der Waals surface area contributed by atoms with E-state index in [0.29, 0.717) is 18.5 Å². The first-order chi connectivity index (χ1) is 11.4. The van der Waals surface area contributed by atoms with Crippen LogP contribution in [0.25, 0.3) is 0 Å². The molecule has 2 rings (SSSR count). The molecule has 0 fully saturated rings. The van der Waals surface area contributed by atoms with Gasteiger partial charge in [-0.1, -0.05) is 6.07 Å². The minimum Gasteiger partial charge on any atom is -0.392 e. The zero-order chi connectivity index (χ0) is 17.6. The summed E-state index contributed by atoms with van der Waals surface area (Å²) in [6, 6.07) is 9.57. The molecule has 1 amide bonds. The van der Waals surface area contributed by atoms with Crippen LogP contribution in [0.15, 0.2) is 46.7 Å². The number of carbonyl (C=O) groups excluding carboxylic acids is 1. The molecule has 0 spiro atoms. The van der Waals surface area contributed by atoms with Gasteiger partial charge in [0.2, 0.25) is 10.0 Å². The Morgan fingerprint density at radius 2 is 1.96 bits per heavy atom. The highest BCUT2D eigenvalue weighted by Crippen LogP contribution is 2.12. The van der Waals surface area contributed by atoms with Crippen LogP contribution in [0.1, 0.15) is 22.2 Å². The molecule has 1 unspecified atom stereocenters. The summed E-state index contributed by atoms with van der Waals surface area (Å²) in [6.07, 6.45) is -0.00218. The summed E-state index contributed by atoms with van der Waals surface area (Å²) >= 11 is 1.58. The lowest BCUT2D eigenvalue weighted by atomic mass is 10.2. The van der Waals surface area contributed by atoms with Crippen molar-refractivity contribution in [3.05, 3.63) is 52.2 Å². The number of thiophene rings is 1. The van der Waals surface area contributed by atoms with E-state index in [0.717, 1.165) is 4.88 Å². The van der Waals surface area contributed by atoms with Crippen molar-refractivity contribution in [2.24, 2.45) is 0 Å². The van der Waals surface area contributed by atoms with Gasteiger partial charge in [0.05, 0.1) is 11.0 Å². The molecule has 8 heteroatoms. The fourth-order valence-corrected chi connectivity index (χ4v) is 3.72. The van der Waals surface area contributed by atoms with Crippen LogP contribution in [0.5, 0.6) is 0 Å². The summed E-state index contributed by atoms with van der Waals surface area (Å²) in [5.41, 5.74) is 0.341. The molecular formula is C16H20N2O4S2. The Balaban J connectivity index is 1.94. The average molecular weight is 368 g/mol. The van der Waals surface area contributed by atoms with Crippen molar-refractivity contribution in [3.8, 4) is 0 Å². The predicted molar refractivity (Wildman–Crippen MR) is 93.7 cm³/mol. The quantitative estimate of drug-likeness (QED) is 0.656. The molecule has 6 nitrogen and oxygen atoms in total. The SMILES string of the molecule is CC(O)CNC(=O)c1ccc(S(=O)(=O)NCCc2cccs2)cc1. The molecule has 0 aliphatic rings. The molecule has 0 saturated carbocycles. The first-order valence-corrected chi connectivity index (χ1v) is 9.83. The Bertz CT molecular complexity index is 754. The third-order valence-electron chi connectivity index (χ3n) is 3.23. The summed E-state index contributed by atoms with van der Waals surface area (Å²) in [4.78, 5) is 13.1. The number of aliphatic hydroxyl groups excluding tert-OH is 1. The summed E-state index contributed by atoms with van der Waals surface area (Å²) in [6.45, 7) is 2.03. The second-order valence-corrected chi connectivity index (χ2v) is 8.11. The normalized spacial score (nSPS) is 12.8. The third kappa shape index (κ3) is 5.41. The van der Waals surface area contributed by atoms with Crippen molar-refractivity contribution < 1.29 is 18.3 Å². The number of carbonyl (C=O) groups is 1. The Morgan fingerprint density at radius 1 is 1.25 bits per heavy atom. The predicted octanol–water partition coefficient (Wildman–Crippen LogP) is 1.38. The van der Waals surface area contributed by atoms with Crippen LogP contribution < -0.4 is 10.0 Å². The van der Waals surface area contributed by atoms with Crippen molar-refractivity contribution in [1.29, 1.82) is 0 Å². The van der Waals surface area contributed by atoms with Crippen molar-refractivity contribution >= 4 is 27.3 Å². The molecule has 1 aromatic carbocycles. The van der Waals surface area contributed by atoms with Gasteiger partial charge in [-0.15, -0.1) is 11.3 Å². The van der Waals surface area contributed by atoms with E-state index < -0.39 is 16.1 Å². The Labute approximate surface area is 145 Å². The minimum atomic E-state index is -3.60. The fraction of sp³-hybridized carbons (Fsp3) is 0.312. The summed E-state index contributed by atoms with van der Waals surface area (Å²) in [5, 5.41) is 13.7. The Morgan fingerprint density at radius 3 is 2.54 bits per heavy atom. The van der Waals surface area contributed by atoms with Crippen molar-refractivity contribution in [1.82, 2.24) is 10.0 Å². The monoisotopic (exact) mass is 368 g/mol. The summed E-state index contributed by atoms with van der Waals surface area (Å²) in [7, 11) is -3.60. The molecule has 3 N–H and O–H groups in total. The van der Waals surface area contributed by atoms with Gasteiger partial charge in [0.1, 0.15) is 0 Å². The van der Waals surface area contributed by atoms with Crippen LogP contribution in [0.4, 0.5) is 0 Å². The first kappa shape index (κ1) is 18.6. The van der Waals surface area contributed by atoms with Gasteiger partial charge in [-0.25, -0.2) is 13.1 Å². The summed E-state index contributed by atoms with van der Waals surface area (Å²) < 4.78 is 27.0. The Kier molecular flexibility index (Phi) is 6.50. The van der Waals surface area contributed by atoms with E-state index in [1.54, 1.807) is 18.3 Å². The zero-order valence-electron chi connectivity index (χ0n) is 13.2. The molecule has 130 valence electrons. The number of sulfonamides is 1. The van der Waals surface area contributed by atoms with Crippen LogP contribution in [0, 0.1) is 0 Å². The van der Waals surface area contributed by atoms with Crippen molar-refractivity contribution in [3.63, 3.8) is 0 Å². The molecule has 2 aromatic rings. The molecule has 1 heterocycles. The number of nitrogens with one attached hydrogen (secondary N) is 2. The van der Waals surface area contributed by atoms with E-state index in [1.807, 2.05) is 17.5 Å². The third-order valence-corrected chi connectivity index (χ3v) is 5.64. The highest BCUT2D eigenvalue weighted by Gasteiger charge is 2.14. The lowest BCUT2D eigenvalue weighted by molar-refractivity contribution is 0.0924. The molecule has 0 radical (unpaired) electrons. The van der Waals surface area contributed by atoms with Crippen molar-refractivity contribution in [2.75, 3.05) is 13.1 Å². The van der Waals surface area contributed by atoms with Gasteiger partial charge in [0.25, 0.3) is 5.91 Å². The molecule has 0 bridgehead atoms. The molecule has 24 heavy (non-hydrogen) atoms. The van der Waals surface area contributed by atoms with Crippen molar-refractivity contribution in [2.45, 2.75) is 24.3 Å². The van der Waals surface area contributed by atoms with E-state index in [9.17, 15) is 13.2 Å². The van der Waals surface area contributed by atoms with E-state index in [4.69, 9.17) is 5.11 Å². The van der Waals surface area contributed by atoms with Gasteiger partial charge >= 0.3 is 0 Å². The van der Waals surface area contributed by atoms with Gasteiger partial charge in [-0.3, -0.25) is 4.79 Å². The van der Waals surface area contributed by atoms with Crippen LogP contribution in [0.3, 0.4) is 0 Å². The van der Waals surface area contributed by atoms with Crippen LogP contribution >= 0.6 is 11.3 Å². The second kappa shape index (κ2) is 8.39. The van der Waals surface area contributed by atoms with E-state index in [1.165, 1.54) is 24.3 Å². The number of benzene rings is 1. The average Bonchev–Trinajstić information content (AvgIpc) is 3.06. The number of amides is 1. The molecule has 0 aliphatic carbocycles. The van der Waals surface area contributed by atoms with E-state index in [-0.39, 0.29) is 17.3 Å². The smallest absolute Gasteiger partial charge is 0.251 e. The second-order valence-electron chi connectivity index (χ2n) is 5.31. The van der Waals surface area contributed by atoms with Gasteiger partial charge in [-0.2, -0.15) is 0 Å². The van der Waals surface area contributed by atoms with Crippen LogP contribution in [0.2, 0.25) is 0 Å². The van der Waals surface area contributed by atoms with Gasteiger partial charge in [-0.05, 0) is 49.1 Å². The Hall–Kier alpha value is -1.74. The standard InChI is InChI=1S/C16H20N2O4S2/c1-12(19)11-17-16(20)13-4-6-15(7-5-13)24(21,22)18-9-8-14-3-2-10-23-14/h2-7,10,12,18-19H,8-9,11H2,1H3,(H,17,20). The van der Waals surface area contributed by atoms with Gasteiger partial charge in [0, 0.05) is 23.5 Å². The molecule has 1 aromatic heterocycles. The lowest BCUT2D eigenvalue weighted by Crippen LogP contribution is -2.30. The van der Waals surface area contributed by atoms with Crippen LogP contribution in [-0.2, 0) is 16.4 Å². The largest absolute Gasteiger partial charge is 0.392 e. The topological polar surface area (TPSA) is 95.5 Å². The maximum absolute atomic E-state index is 12.2. The minimum absolute atomic E-state index is 0.112. The van der Waals surface area contributed by atoms with Gasteiger partial charge < -0.3 is 10.4 Å². The maximum atomic E-state index is 12.2. The van der Waals surface area contributed by atoms with E-state index in [2.05, 4.69) is 10.0 Å². The first-order valence-electron chi connectivity index (χ1n) is 7.47. The highest BCUT2D eigenvalue weighted by atomic mass is 32.2. The summed E-state index contributed by atoms with van der Waals surface area (Å²) in [5.74, 6) is -0.356. The number of hydrogen-bond donors (Lipinski definition) is 3. The number of hydrogen-bond acceptors (Lipinski definition) is 5. The number of rotatable bonds is 8. The van der Waals surface area contributed by atoms with Gasteiger partial charge in [0.15, 0.2) is 0 Å². The highest BCUT2D eigenvalue weighted by molar-refractivity contribution is 7.89. The fourth-order valence-electron chi connectivity index (χ4n) is 1.97. The molecule has 0 saturated heterocycles. The lowest BCUT2D eigenvalue weighted by Gasteiger charge is -2.09. The molecule has 1 atom stereocenters. The molecule has 0 aliphatic heterocycles. The maximum Gasteiger partial charge on any atom is 0.251 e. The van der Waals surface area contributed by atoms with Crippen LogP contribution in [-0.4, -0.2) is 38.6 Å². The zero-order valence-corrected chi connectivity index (χ0v) is 14.9. The molecular weight excluding hydrogens is 348 g/mol.